The van der Waals surface area contributed by atoms with Gasteiger partial charge in [0.25, 0.3) is 17.7 Å². The summed E-state index contributed by atoms with van der Waals surface area (Å²) in [4.78, 5) is 42.3. The molecule has 1 aliphatic rings. The number of para-hydroxylation sites is 3. The summed E-state index contributed by atoms with van der Waals surface area (Å²) in [6.45, 7) is 1.35. The number of hydrogen-bond donors (Lipinski definition) is 10. The standard InChI is InChI=1S/C39H48N4O12/c1-55-39(27-13-7-17-31(47)35(27)51)43(23-9-19-41-37(53)25-11-5-15-29(45)33(25)49)21-3-2-20-42(38(54)26-12-6-16-30(46)34(26)50)22-8-18-40-36(52)24-10-4-14-28(44)32(24)48/h5-7,10-13,15-17,39,44-51H,2-4,8-9,14,18-23H2,1H3,(H,40,52)(H,41,53)/t39-/m1/s1. The van der Waals surface area contributed by atoms with E-state index >= 15 is 0 Å². The van der Waals surface area contributed by atoms with E-state index in [1.807, 2.05) is 4.90 Å². The number of aliphatic hydroxyl groups excluding tert-OH is 2. The van der Waals surface area contributed by atoms with Crippen molar-refractivity contribution < 1.29 is 60.0 Å². The number of nitrogens with one attached hydrogen (secondary N) is 2. The molecule has 1 aliphatic carbocycles. The molecule has 0 heterocycles. The zero-order valence-electron chi connectivity index (χ0n) is 30.4. The summed E-state index contributed by atoms with van der Waals surface area (Å²) >= 11 is 0. The molecule has 16 nitrogen and oxygen atoms in total. The first-order chi connectivity index (χ1) is 26.3. The highest BCUT2D eigenvalue weighted by Crippen LogP contribution is 2.36. The number of carbonyl (C=O) groups is 3. The van der Waals surface area contributed by atoms with E-state index in [2.05, 4.69) is 10.6 Å². The summed E-state index contributed by atoms with van der Waals surface area (Å²) in [5.74, 6) is -5.12. The van der Waals surface area contributed by atoms with Gasteiger partial charge in [-0.15, -0.1) is 0 Å². The van der Waals surface area contributed by atoms with E-state index in [1.165, 1.54) is 60.6 Å². The van der Waals surface area contributed by atoms with Crippen molar-refractivity contribution in [1.82, 2.24) is 20.4 Å². The Hall–Kier alpha value is -6.13. The second kappa shape index (κ2) is 19.8. The molecule has 16 heteroatoms. The Morgan fingerprint density at radius 2 is 1.20 bits per heavy atom. The molecule has 0 fully saturated rings. The van der Waals surface area contributed by atoms with Crippen LogP contribution in [0.5, 0.6) is 34.5 Å². The molecule has 0 saturated heterocycles. The number of hydrogen-bond acceptors (Lipinski definition) is 13. The van der Waals surface area contributed by atoms with E-state index in [9.17, 15) is 55.2 Å². The van der Waals surface area contributed by atoms with Crippen LogP contribution in [0.25, 0.3) is 0 Å². The molecule has 0 spiro atoms. The maximum atomic E-state index is 13.6. The first-order valence-electron chi connectivity index (χ1n) is 17.8. The molecule has 4 rings (SSSR count). The van der Waals surface area contributed by atoms with Crippen LogP contribution in [0.2, 0.25) is 0 Å². The average Bonchev–Trinajstić information content (AvgIpc) is 3.17. The number of nitrogens with zero attached hydrogens (tertiary/aromatic N) is 2. The number of rotatable bonds is 19. The number of methoxy groups -OCH3 is 1. The lowest BCUT2D eigenvalue weighted by Gasteiger charge is -2.32. The fourth-order valence-corrected chi connectivity index (χ4v) is 6.16. The normalized spacial score (nSPS) is 13.3. The number of benzene rings is 3. The summed E-state index contributed by atoms with van der Waals surface area (Å²) in [5, 5.41) is 86.4. The number of aromatic hydroxyl groups is 6. The van der Waals surface area contributed by atoms with E-state index < -0.39 is 52.7 Å². The number of aliphatic hydroxyl groups is 2. The molecule has 3 aromatic carbocycles. The third-order valence-electron chi connectivity index (χ3n) is 9.08. The van der Waals surface area contributed by atoms with E-state index in [-0.39, 0.29) is 66.6 Å². The van der Waals surface area contributed by atoms with Crippen LogP contribution >= 0.6 is 0 Å². The molecule has 0 radical (unpaired) electrons. The molecule has 0 bridgehead atoms. The second-order valence-corrected chi connectivity index (χ2v) is 12.9. The quantitative estimate of drug-likeness (QED) is 0.0468. The number of unbranched alkanes of at least 4 members (excludes halogenated alkanes) is 1. The molecule has 10 N–H and O–H groups in total. The van der Waals surface area contributed by atoms with Crippen molar-refractivity contribution in [2.24, 2.45) is 0 Å². The Kier molecular flexibility index (Phi) is 15.0. The maximum Gasteiger partial charge on any atom is 0.257 e. The van der Waals surface area contributed by atoms with E-state index in [0.717, 1.165) is 0 Å². The largest absolute Gasteiger partial charge is 0.508 e. The van der Waals surface area contributed by atoms with Crippen LogP contribution in [-0.2, 0) is 9.53 Å². The van der Waals surface area contributed by atoms with Crippen LogP contribution in [0.15, 0.2) is 77.8 Å². The van der Waals surface area contributed by atoms with Gasteiger partial charge in [0, 0.05) is 58.4 Å². The lowest BCUT2D eigenvalue weighted by Crippen LogP contribution is -2.37. The number of amides is 3. The molecule has 0 aliphatic heterocycles. The van der Waals surface area contributed by atoms with Crippen molar-refractivity contribution in [3.63, 3.8) is 0 Å². The number of allylic oxidation sites excluding steroid dienone is 2. The van der Waals surface area contributed by atoms with Gasteiger partial charge in [0.05, 0.1) is 16.7 Å². The summed E-state index contributed by atoms with van der Waals surface area (Å²) in [6.07, 6.45) is 2.95. The Balaban J connectivity index is 1.42. The first-order valence-corrected chi connectivity index (χ1v) is 17.8. The van der Waals surface area contributed by atoms with Gasteiger partial charge in [-0.1, -0.05) is 30.3 Å². The minimum atomic E-state index is -0.820. The molecule has 3 amide bonds. The average molecular weight is 765 g/mol. The minimum absolute atomic E-state index is 0.0301. The zero-order chi connectivity index (χ0) is 40.1. The number of ether oxygens (including phenoxy) is 1. The number of carbonyl (C=O) groups excluding carboxylic acids is 3. The SMILES string of the molecule is CO[C@H](c1cccc(O)c1O)N(CCCCN(CCCNC(=O)C1=CCCC(O)=C1O)C(=O)c1cccc(O)c1O)CCCNC(=O)c1cccc(O)c1O. The van der Waals surface area contributed by atoms with Crippen LogP contribution in [-0.4, -0.2) is 115 Å². The lowest BCUT2D eigenvalue weighted by molar-refractivity contribution is -0.117. The van der Waals surface area contributed by atoms with Gasteiger partial charge in [-0.25, -0.2) is 0 Å². The van der Waals surface area contributed by atoms with Crippen LogP contribution in [0.1, 0.15) is 71.0 Å². The van der Waals surface area contributed by atoms with Gasteiger partial charge >= 0.3 is 0 Å². The van der Waals surface area contributed by atoms with Crippen LogP contribution < -0.4 is 10.6 Å². The van der Waals surface area contributed by atoms with E-state index in [0.29, 0.717) is 50.8 Å². The van der Waals surface area contributed by atoms with Gasteiger partial charge in [0.15, 0.2) is 40.3 Å². The molecule has 296 valence electrons. The summed E-state index contributed by atoms with van der Waals surface area (Å²) < 4.78 is 5.77. The van der Waals surface area contributed by atoms with E-state index in [4.69, 9.17) is 4.74 Å². The van der Waals surface area contributed by atoms with Crippen LogP contribution in [0.4, 0.5) is 0 Å². The highest BCUT2D eigenvalue weighted by atomic mass is 16.5. The van der Waals surface area contributed by atoms with Crippen molar-refractivity contribution >= 4 is 17.7 Å². The van der Waals surface area contributed by atoms with Crippen LogP contribution in [0, 0.1) is 0 Å². The van der Waals surface area contributed by atoms with Gasteiger partial charge in [-0.3, -0.25) is 19.3 Å². The molecule has 1 atom stereocenters. The lowest BCUT2D eigenvalue weighted by atomic mass is 10.0. The second-order valence-electron chi connectivity index (χ2n) is 12.9. The third-order valence-corrected chi connectivity index (χ3v) is 9.08. The summed E-state index contributed by atoms with van der Waals surface area (Å²) in [7, 11) is 1.44. The van der Waals surface area contributed by atoms with Crippen molar-refractivity contribution in [3.05, 3.63) is 94.5 Å². The summed E-state index contributed by atoms with van der Waals surface area (Å²) in [6, 6.07) is 12.6. The van der Waals surface area contributed by atoms with Gasteiger partial charge in [0.2, 0.25) is 0 Å². The molecular formula is C39H48N4O12. The predicted molar refractivity (Wildman–Crippen MR) is 200 cm³/mol. The monoisotopic (exact) mass is 764 g/mol. The molecule has 0 unspecified atom stereocenters. The van der Waals surface area contributed by atoms with Crippen LogP contribution in [0.3, 0.4) is 0 Å². The van der Waals surface area contributed by atoms with E-state index in [1.54, 1.807) is 12.1 Å². The summed E-state index contributed by atoms with van der Waals surface area (Å²) in [5.41, 5.74) is 0.0774. The number of phenolic OH excluding ortho intramolecular Hbond substituents is 6. The fourth-order valence-electron chi connectivity index (χ4n) is 6.16. The van der Waals surface area contributed by atoms with Gasteiger partial charge in [-0.05, 0) is 62.4 Å². The fraction of sp³-hybridized carbons (Fsp3) is 0.359. The smallest absolute Gasteiger partial charge is 0.257 e. The molecule has 3 aromatic rings. The predicted octanol–water partition coefficient (Wildman–Crippen LogP) is 4.16. The first kappa shape index (κ1) is 41.6. The Labute approximate surface area is 317 Å². The van der Waals surface area contributed by atoms with Crippen molar-refractivity contribution in [2.75, 3.05) is 46.4 Å². The van der Waals surface area contributed by atoms with Crippen molar-refractivity contribution in [2.45, 2.75) is 44.8 Å². The van der Waals surface area contributed by atoms with Gasteiger partial charge in [0.1, 0.15) is 12.0 Å². The van der Waals surface area contributed by atoms with Crippen molar-refractivity contribution in [3.8, 4) is 34.5 Å². The number of phenols is 6. The van der Waals surface area contributed by atoms with Crippen molar-refractivity contribution in [1.29, 1.82) is 0 Å². The topological polar surface area (TPSA) is 253 Å². The highest BCUT2D eigenvalue weighted by molar-refractivity contribution is 5.98. The third kappa shape index (κ3) is 10.7. The van der Waals surface area contributed by atoms with Gasteiger partial charge < -0.3 is 61.1 Å². The Bertz CT molecular complexity index is 1900. The Morgan fingerprint density at radius 3 is 1.87 bits per heavy atom. The van der Waals surface area contributed by atoms with Gasteiger partial charge in [-0.2, -0.15) is 0 Å². The molecule has 0 saturated carbocycles. The zero-order valence-corrected chi connectivity index (χ0v) is 30.4. The molecule has 0 aromatic heterocycles. The maximum absolute atomic E-state index is 13.6. The molecular weight excluding hydrogens is 716 g/mol. The molecule has 55 heavy (non-hydrogen) atoms. The Morgan fingerprint density at radius 1 is 0.673 bits per heavy atom. The minimum Gasteiger partial charge on any atom is -0.508 e. The highest BCUT2D eigenvalue weighted by Gasteiger charge is 2.26.